The Hall–Kier alpha value is -1.62. The molecule has 3 rings (SSSR count). The number of aliphatic carboxylic acids is 1. The van der Waals surface area contributed by atoms with Gasteiger partial charge in [-0.3, -0.25) is 4.79 Å². The Bertz CT molecular complexity index is 800. The van der Waals surface area contributed by atoms with E-state index in [0.717, 1.165) is 15.7 Å². The number of carboxylic acids is 1. The van der Waals surface area contributed by atoms with Crippen LogP contribution in [0.25, 0.3) is 0 Å². The maximum atomic E-state index is 12.7. The van der Waals surface area contributed by atoms with E-state index >= 15 is 0 Å². The van der Waals surface area contributed by atoms with Gasteiger partial charge in [0, 0.05) is 13.1 Å². The molecular weight excluding hydrogens is 316 g/mol. The van der Waals surface area contributed by atoms with Crippen LogP contribution in [0.15, 0.2) is 31.8 Å². The van der Waals surface area contributed by atoms with E-state index in [9.17, 15) is 13.2 Å². The number of hydrogen-bond acceptors (Lipinski definition) is 6. The van der Waals surface area contributed by atoms with Gasteiger partial charge in [0.1, 0.15) is 21.8 Å². The third-order valence-corrected chi connectivity index (χ3v) is 5.98. The second kappa shape index (κ2) is 4.70. The Kier molecular flexibility index (Phi) is 3.20. The van der Waals surface area contributed by atoms with Gasteiger partial charge in [0.2, 0.25) is 10.0 Å². The number of sulfonamides is 1. The number of hydrogen-bond donors (Lipinski definition) is 2. The summed E-state index contributed by atoms with van der Waals surface area (Å²) in [5.74, 6) is -1.20. The van der Waals surface area contributed by atoms with E-state index in [0.29, 0.717) is 11.4 Å². The SMILES string of the molecule is NC1(C(=O)O)CCN(S(=O)(=O)c2cccc3c2N=S=N3)C1. The number of carboxylic acid groups (broad SMARTS) is 1. The van der Waals surface area contributed by atoms with Gasteiger partial charge in [0.15, 0.2) is 0 Å². The highest BCUT2D eigenvalue weighted by molar-refractivity contribution is 7.89. The second-order valence-corrected chi connectivity index (χ2v) is 7.37. The fraction of sp³-hybridized carbons (Fsp3) is 0.364. The van der Waals surface area contributed by atoms with Crippen molar-refractivity contribution in [1.82, 2.24) is 4.31 Å². The molecule has 1 aromatic rings. The van der Waals surface area contributed by atoms with Crippen molar-refractivity contribution in [3.8, 4) is 0 Å². The van der Waals surface area contributed by atoms with Crippen LogP contribution in [-0.2, 0) is 26.2 Å². The molecule has 2 aliphatic heterocycles. The molecular formula is C11H12N4O4S2. The number of fused-ring (bicyclic) bond motifs is 1. The van der Waals surface area contributed by atoms with Crippen molar-refractivity contribution in [3.63, 3.8) is 0 Å². The molecule has 10 heteroatoms. The van der Waals surface area contributed by atoms with E-state index in [1.807, 2.05) is 0 Å². The van der Waals surface area contributed by atoms with Crippen LogP contribution in [0.1, 0.15) is 6.42 Å². The third-order valence-electron chi connectivity index (χ3n) is 3.56. The van der Waals surface area contributed by atoms with Crippen LogP contribution in [0.4, 0.5) is 11.4 Å². The topological polar surface area (TPSA) is 125 Å². The average molecular weight is 328 g/mol. The monoisotopic (exact) mass is 328 g/mol. The first kappa shape index (κ1) is 14.3. The molecule has 1 atom stereocenters. The number of nitrogens with two attached hydrogens (primary N) is 1. The van der Waals surface area contributed by atoms with Crippen molar-refractivity contribution >= 4 is 38.7 Å². The lowest BCUT2D eigenvalue weighted by Gasteiger charge is -2.20. The fourth-order valence-electron chi connectivity index (χ4n) is 2.31. The lowest BCUT2D eigenvalue weighted by Crippen LogP contribution is -2.50. The average Bonchev–Trinajstić information content (AvgIpc) is 3.05. The number of benzene rings is 1. The summed E-state index contributed by atoms with van der Waals surface area (Å²) in [6.45, 7) is -0.183. The molecule has 1 aromatic carbocycles. The highest BCUT2D eigenvalue weighted by Gasteiger charge is 2.46. The van der Waals surface area contributed by atoms with Crippen molar-refractivity contribution < 1.29 is 18.3 Å². The lowest BCUT2D eigenvalue weighted by molar-refractivity contribution is -0.142. The van der Waals surface area contributed by atoms with Crippen molar-refractivity contribution in [2.45, 2.75) is 16.9 Å². The first-order chi connectivity index (χ1) is 9.84. The quantitative estimate of drug-likeness (QED) is 0.853. The van der Waals surface area contributed by atoms with E-state index < -0.39 is 21.5 Å². The van der Waals surface area contributed by atoms with Crippen LogP contribution in [0, 0.1) is 0 Å². The van der Waals surface area contributed by atoms with Gasteiger partial charge in [-0.2, -0.15) is 13.0 Å². The molecule has 2 heterocycles. The predicted octanol–water partition coefficient (Wildman–Crippen LogP) is 0.590. The minimum atomic E-state index is -3.85. The summed E-state index contributed by atoms with van der Waals surface area (Å²) in [5, 5.41) is 9.10. The van der Waals surface area contributed by atoms with E-state index in [1.165, 1.54) is 6.07 Å². The van der Waals surface area contributed by atoms with Gasteiger partial charge in [-0.15, -0.1) is 0 Å². The minimum Gasteiger partial charge on any atom is -0.480 e. The van der Waals surface area contributed by atoms with Crippen molar-refractivity contribution in [3.05, 3.63) is 18.2 Å². The molecule has 0 aromatic heterocycles. The first-order valence-electron chi connectivity index (χ1n) is 6.08. The van der Waals surface area contributed by atoms with Gasteiger partial charge in [0.05, 0.1) is 11.4 Å². The van der Waals surface area contributed by atoms with Crippen molar-refractivity contribution in [2.24, 2.45) is 14.5 Å². The summed E-state index contributed by atoms with van der Waals surface area (Å²) in [6, 6.07) is 4.70. The van der Waals surface area contributed by atoms with Gasteiger partial charge in [-0.25, -0.2) is 8.42 Å². The second-order valence-electron chi connectivity index (χ2n) is 4.94. The summed E-state index contributed by atoms with van der Waals surface area (Å²) in [7, 11) is -3.85. The number of carbonyl (C=O) groups is 1. The molecule has 0 aliphatic carbocycles. The van der Waals surface area contributed by atoms with Crippen LogP contribution < -0.4 is 5.73 Å². The summed E-state index contributed by atoms with van der Waals surface area (Å²) >= 11 is 0.929. The molecule has 0 spiro atoms. The maximum Gasteiger partial charge on any atom is 0.325 e. The third kappa shape index (κ3) is 2.20. The van der Waals surface area contributed by atoms with Crippen LogP contribution >= 0.6 is 0 Å². The molecule has 0 radical (unpaired) electrons. The Morgan fingerprint density at radius 1 is 1.43 bits per heavy atom. The van der Waals surface area contributed by atoms with Crippen LogP contribution in [-0.4, -0.2) is 42.4 Å². The zero-order valence-corrected chi connectivity index (χ0v) is 12.4. The zero-order chi connectivity index (χ0) is 15.3. The Labute approximate surface area is 124 Å². The summed E-state index contributed by atoms with van der Waals surface area (Å²) in [5.41, 5.74) is 4.98. The molecule has 1 unspecified atom stereocenters. The standard InChI is InChI=1S/C11H12N4O4S2/c12-11(10(16)17)4-5-15(6-11)21(18,19)8-3-1-2-7-9(8)14-20-13-7/h1-3H,4-6,12H2,(H,16,17). The number of rotatable bonds is 3. The Balaban J connectivity index is 1.99. The van der Waals surface area contributed by atoms with E-state index in [1.54, 1.807) is 12.1 Å². The molecule has 2 aliphatic rings. The largest absolute Gasteiger partial charge is 0.480 e. The molecule has 0 bridgehead atoms. The molecule has 21 heavy (non-hydrogen) atoms. The first-order valence-corrected chi connectivity index (χ1v) is 8.25. The highest BCUT2D eigenvalue weighted by Crippen LogP contribution is 2.39. The van der Waals surface area contributed by atoms with Gasteiger partial charge in [-0.05, 0) is 18.6 Å². The number of nitrogens with zero attached hydrogens (tertiary/aromatic N) is 3. The molecule has 112 valence electrons. The Morgan fingerprint density at radius 2 is 2.19 bits per heavy atom. The van der Waals surface area contributed by atoms with Gasteiger partial charge in [0.25, 0.3) is 0 Å². The van der Waals surface area contributed by atoms with Gasteiger partial charge < -0.3 is 10.8 Å². The van der Waals surface area contributed by atoms with Gasteiger partial charge in [-0.1, -0.05) is 6.07 Å². The molecule has 8 nitrogen and oxygen atoms in total. The summed E-state index contributed by atoms with van der Waals surface area (Å²) < 4.78 is 34.4. The summed E-state index contributed by atoms with van der Waals surface area (Å²) in [6.07, 6.45) is 0.0762. The van der Waals surface area contributed by atoms with E-state index in [2.05, 4.69) is 8.73 Å². The van der Waals surface area contributed by atoms with Crippen LogP contribution in [0.5, 0.6) is 0 Å². The molecule has 3 N–H and O–H groups in total. The van der Waals surface area contributed by atoms with Crippen LogP contribution in [0.3, 0.4) is 0 Å². The van der Waals surface area contributed by atoms with E-state index in [4.69, 9.17) is 10.8 Å². The summed E-state index contributed by atoms with van der Waals surface area (Å²) in [4.78, 5) is 11.2. The van der Waals surface area contributed by atoms with Crippen molar-refractivity contribution in [1.29, 1.82) is 0 Å². The Morgan fingerprint density at radius 3 is 2.86 bits per heavy atom. The fourth-order valence-corrected chi connectivity index (χ4v) is 4.57. The lowest BCUT2D eigenvalue weighted by atomic mass is 10.0. The van der Waals surface area contributed by atoms with Crippen LogP contribution in [0.2, 0.25) is 0 Å². The van der Waals surface area contributed by atoms with Gasteiger partial charge >= 0.3 is 5.97 Å². The zero-order valence-electron chi connectivity index (χ0n) is 10.8. The molecule has 0 saturated carbocycles. The predicted molar refractivity (Wildman–Crippen MR) is 75.9 cm³/mol. The maximum absolute atomic E-state index is 12.7. The van der Waals surface area contributed by atoms with Crippen molar-refractivity contribution in [2.75, 3.05) is 13.1 Å². The molecule has 1 saturated heterocycles. The smallest absolute Gasteiger partial charge is 0.325 e. The van der Waals surface area contributed by atoms with E-state index in [-0.39, 0.29) is 24.4 Å². The minimum absolute atomic E-state index is 0.0309. The highest BCUT2D eigenvalue weighted by atomic mass is 32.2. The normalized spacial score (nSPS) is 24.8. The molecule has 0 amide bonds. The molecule has 1 fully saturated rings.